The van der Waals surface area contributed by atoms with E-state index < -0.39 is 12.0 Å². The molecule has 2 aromatic carbocycles. The average Bonchev–Trinajstić information content (AvgIpc) is 2.89. The number of nitrogens with zero attached hydrogens (tertiary/aromatic N) is 1. The summed E-state index contributed by atoms with van der Waals surface area (Å²) in [6, 6.07) is 15.8. The number of rotatable bonds is 9. The lowest BCUT2D eigenvalue weighted by atomic mass is 10.0. The molecule has 1 fully saturated rings. The van der Waals surface area contributed by atoms with Crippen LogP contribution in [0.4, 0.5) is 0 Å². The first-order valence-electron chi connectivity index (χ1n) is 11.1. The fourth-order valence-electron chi connectivity index (χ4n) is 3.89. The summed E-state index contributed by atoms with van der Waals surface area (Å²) in [6.07, 6.45) is 3.64. The van der Waals surface area contributed by atoms with Gasteiger partial charge in [-0.2, -0.15) is 0 Å². The van der Waals surface area contributed by atoms with Gasteiger partial charge >= 0.3 is 5.97 Å². The standard InChI is InChI=1S/C26H25ClN2O5S/c1-33-20-11-9-18(10-12-20)15-34-26(32)23-19(8-5-13-27)16-35-25-22(24(31)29(23)25)28-21(30)14-17-6-3-2-4-7-17/h2-12,22,25H,13-16H2,1H3,(H,28,30)/t22-,25+/m1/s1. The highest BCUT2D eigenvalue weighted by molar-refractivity contribution is 8.00. The van der Waals surface area contributed by atoms with Gasteiger partial charge < -0.3 is 14.8 Å². The predicted octanol–water partition coefficient (Wildman–Crippen LogP) is 3.43. The highest BCUT2D eigenvalue weighted by Crippen LogP contribution is 2.41. The smallest absolute Gasteiger partial charge is 0.355 e. The van der Waals surface area contributed by atoms with Crippen LogP contribution >= 0.6 is 23.4 Å². The number of hydrogen-bond donors (Lipinski definition) is 1. The van der Waals surface area contributed by atoms with Crippen LogP contribution in [-0.4, -0.2) is 52.8 Å². The molecule has 9 heteroatoms. The highest BCUT2D eigenvalue weighted by atomic mass is 35.5. The number of carbonyl (C=O) groups excluding carboxylic acids is 3. The van der Waals surface area contributed by atoms with E-state index in [9.17, 15) is 14.4 Å². The Kier molecular flexibility index (Phi) is 8.15. The number of allylic oxidation sites excluding steroid dienone is 2. The Bertz CT molecular complexity index is 1150. The molecular weight excluding hydrogens is 488 g/mol. The molecule has 1 saturated heterocycles. The van der Waals surface area contributed by atoms with Crippen molar-refractivity contribution >= 4 is 41.1 Å². The average molecular weight is 513 g/mol. The third-order valence-electron chi connectivity index (χ3n) is 5.65. The zero-order valence-corrected chi connectivity index (χ0v) is 20.7. The first kappa shape index (κ1) is 24.9. The maximum absolute atomic E-state index is 13.1. The molecule has 2 aliphatic heterocycles. The number of thioether (sulfide) groups is 1. The summed E-state index contributed by atoms with van der Waals surface area (Å²) < 4.78 is 10.7. The summed E-state index contributed by atoms with van der Waals surface area (Å²) in [7, 11) is 1.58. The van der Waals surface area contributed by atoms with E-state index >= 15 is 0 Å². The van der Waals surface area contributed by atoms with Gasteiger partial charge in [-0.1, -0.05) is 54.6 Å². The molecule has 2 heterocycles. The van der Waals surface area contributed by atoms with Crippen LogP contribution in [0, 0.1) is 0 Å². The second-order valence-corrected chi connectivity index (χ2v) is 9.39. The number of carbonyl (C=O) groups is 3. The van der Waals surface area contributed by atoms with Gasteiger partial charge in [0.15, 0.2) is 0 Å². The van der Waals surface area contributed by atoms with Crippen LogP contribution < -0.4 is 10.1 Å². The Morgan fingerprint density at radius 1 is 1.14 bits per heavy atom. The van der Waals surface area contributed by atoms with Crippen molar-refractivity contribution in [2.75, 3.05) is 18.7 Å². The van der Waals surface area contributed by atoms with Crippen molar-refractivity contribution in [3.05, 3.63) is 89.1 Å². The van der Waals surface area contributed by atoms with Gasteiger partial charge in [0.05, 0.1) is 13.5 Å². The highest BCUT2D eigenvalue weighted by Gasteiger charge is 2.54. The zero-order valence-electron chi connectivity index (χ0n) is 19.1. The van der Waals surface area contributed by atoms with Crippen molar-refractivity contribution in [2.45, 2.75) is 24.4 Å². The van der Waals surface area contributed by atoms with Crippen LogP contribution in [0.25, 0.3) is 0 Å². The van der Waals surface area contributed by atoms with Crippen molar-refractivity contribution in [2.24, 2.45) is 0 Å². The Hall–Kier alpha value is -3.23. The van der Waals surface area contributed by atoms with E-state index in [0.717, 1.165) is 11.1 Å². The number of amides is 2. The minimum Gasteiger partial charge on any atom is -0.497 e. The Balaban J connectivity index is 1.46. The molecule has 2 amide bonds. The second-order valence-electron chi connectivity index (χ2n) is 7.97. The molecule has 2 aromatic rings. The molecule has 0 unspecified atom stereocenters. The van der Waals surface area contributed by atoms with Gasteiger partial charge in [0.1, 0.15) is 29.5 Å². The second kappa shape index (κ2) is 11.5. The molecule has 35 heavy (non-hydrogen) atoms. The largest absolute Gasteiger partial charge is 0.497 e. The SMILES string of the molecule is COc1ccc(COC(=O)C2=C(C=CCCl)CS[C@H]3[C@H](NC(=O)Cc4ccccc4)C(=O)N23)cc1. The molecule has 2 atom stereocenters. The molecule has 0 spiro atoms. The van der Waals surface area contributed by atoms with Crippen LogP contribution in [0.1, 0.15) is 11.1 Å². The predicted molar refractivity (Wildman–Crippen MR) is 135 cm³/mol. The van der Waals surface area contributed by atoms with Crippen molar-refractivity contribution in [1.29, 1.82) is 0 Å². The van der Waals surface area contributed by atoms with E-state index in [1.54, 1.807) is 43.5 Å². The van der Waals surface area contributed by atoms with Crippen molar-refractivity contribution in [3.8, 4) is 5.75 Å². The minimum absolute atomic E-state index is 0.0515. The Labute approximate surface area is 213 Å². The molecule has 0 saturated carbocycles. The number of alkyl halides is 1. The van der Waals surface area contributed by atoms with E-state index in [-0.39, 0.29) is 41.8 Å². The van der Waals surface area contributed by atoms with Gasteiger partial charge in [-0.15, -0.1) is 23.4 Å². The number of halogens is 1. The van der Waals surface area contributed by atoms with Gasteiger partial charge in [0, 0.05) is 11.6 Å². The summed E-state index contributed by atoms with van der Waals surface area (Å²) in [5.41, 5.74) is 2.51. The van der Waals surface area contributed by atoms with E-state index in [2.05, 4.69) is 5.32 Å². The molecule has 0 aromatic heterocycles. The third kappa shape index (κ3) is 5.71. The quantitative estimate of drug-likeness (QED) is 0.315. The molecular formula is C26H25ClN2O5S. The molecule has 0 bridgehead atoms. The molecule has 0 radical (unpaired) electrons. The summed E-state index contributed by atoms with van der Waals surface area (Å²) in [5, 5.41) is 2.45. The molecule has 182 valence electrons. The molecule has 7 nitrogen and oxygen atoms in total. The molecule has 1 N–H and O–H groups in total. The topological polar surface area (TPSA) is 84.9 Å². The number of fused-ring (bicyclic) bond motifs is 1. The normalized spacial score (nSPS) is 19.3. The lowest BCUT2D eigenvalue weighted by Gasteiger charge is -2.49. The van der Waals surface area contributed by atoms with Gasteiger partial charge in [-0.25, -0.2) is 4.79 Å². The van der Waals surface area contributed by atoms with Crippen molar-refractivity contribution < 1.29 is 23.9 Å². The van der Waals surface area contributed by atoms with Crippen molar-refractivity contribution in [3.63, 3.8) is 0 Å². The van der Waals surface area contributed by atoms with Gasteiger partial charge in [0.25, 0.3) is 5.91 Å². The number of ether oxygens (including phenoxy) is 2. The fraction of sp³-hybridized carbons (Fsp3) is 0.269. The van der Waals surface area contributed by atoms with Gasteiger partial charge in [0.2, 0.25) is 5.91 Å². The summed E-state index contributed by atoms with van der Waals surface area (Å²) in [6.45, 7) is 0.0515. The summed E-state index contributed by atoms with van der Waals surface area (Å²) in [5.74, 6) is 0.294. The van der Waals surface area contributed by atoms with Crippen LogP contribution in [0.2, 0.25) is 0 Å². The number of esters is 1. The lowest BCUT2D eigenvalue weighted by Crippen LogP contribution is -2.70. The first-order chi connectivity index (χ1) is 17.0. The summed E-state index contributed by atoms with van der Waals surface area (Å²) in [4.78, 5) is 40.1. The van der Waals surface area contributed by atoms with E-state index in [1.807, 2.05) is 30.3 Å². The van der Waals surface area contributed by atoms with E-state index in [0.29, 0.717) is 17.1 Å². The summed E-state index contributed by atoms with van der Waals surface area (Å²) >= 11 is 7.29. The molecule has 4 rings (SSSR count). The minimum atomic E-state index is -0.695. The number of nitrogens with one attached hydrogen (secondary N) is 1. The van der Waals surface area contributed by atoms with Gasteiger partial charge in [-0.3, -0.25) is 14.5 Å². The number of benzene rings is 2. The number of β-lactam (4-membered cyclic amide) rings is 1. The monoisotopic (exact) mass is 512 g/mol. The third-order valence-corrected chi connectivity index (χ3v) is 7.13. The van der Waals surface area contributed by atoms with Crippen LogP contribution in [0.3, 0.4) is 0 Å². The van der Waals surface area contributed by atoms with Crippen LogP contribution in [0.5, 0.6) is 5.75 Å². The van der Waals surface area contributed by atoms with Crippen LogP contribution in [-0.2, 0) is 32.1 Å². The Morgan fingerprint density at radius 2 is 1.89 bits per heavy atom. The number of hydrogen-bond acceptors (Lipinski definition) is 6. The van der Waals surface area contributed by atoms with Crippen LogP contribution in [0.15, 0.2) is 78.0 Å². The van der Waals surface area contributed by atoms with Gasteiger partial charge in [-0.05, 0) is 28.8 Å². The number of methoxy groups -OCH3 is 1. The lowest BCUT2D eigenvalue weighted by molar-refractivity contribution is -0.153. The first-order valence-corrected chi connectivity index (χ1v) is 12.6. The zero-order chi connectivity index (χ0) is 24.8. The molecule has 0 aliphatic carbocycles. The van der Waals surface area contributed by atoms with E-state index in [4.69, 9.17) is 21.1 Å². The van der Waals surface area contributed by atoms with Crippen molar-refractivity contribution in [1.82, 2.24) is 10.2 Å². The maximum Gasteiger partial charge on any atom is 0.355 e. The van der Waals surface area contributed by atoms with E-state index in [1.165, 1.54) is 16.7 Å². The Morgan fingerprint density at radius 3 is 2.57 bits per heavy atom. The molecule has 2 aliphatic rings. The maximum atomic E-state index is 13.1. The fourth-order valence-corrected chi connectivity index (χ4v) is 5.30.